The van der Waals surface area contributed by atoms with E-state index in [1.807, 2.05) is 0 Å². The summed E-state index contributed by atoms with van der Waals surface area (Å²) in [6.45, 7) is 0. The predicted molar refractivity (Wildman–Crippen MR) is 274 cm³/mol. The number of hydrogen-bond donors (Lipinski definition) is 0. The number of fused-ring (bicyclic) bond motifs is 9. The molecule has 13 aromatic rings. The van der Waals surface area contributed by atoms with Gasteiger partial charge < -0.3 is 13.9 Å². The molecule has 0 aliphatic carbocycles. The van der Waals surface area contributed by atoms with E-state index < -0.39 is 0 Å². The number of rotatable bonds is 7. The molecule has 0 fully saturated rings. The van der Waals surface area contributed by atoms with Gasteiger partial charge in [-0.05, 0) is 123 Å². The molecule has 2 heterocycles. The van der Waals surface area contributed by atoms with Crippen molar-refractivity contribution in [1.29, 1.82) is 0 Å². The molecule has 11 aromatic carbocycles. The highest BCUT2D eigenvalue weighted by atomic mass is 16.3. The van der Waals surface area contributed by atoms with Gasteiger partial charge in [-0.3, -0.25) is 0 Å². The van der Waals surface area contributed by atoms with Gasteiger partial charge in [-0.25, -0.2) is 0 Å². The van der Waals surface area contributed by atoms with Crippen LogP contribution in [0.15, 0.2) is 247 Å². The summed E-state index contributed by atoms with van der Waals surface area (Å²) in [6, 6.07) is 87.8. The van der Waals surface area contributed by atoms with Crippen molar-refractivity contribution in [3.05, 3.63) is 243 Å². The average molecular weight is 829 g/mol. The minimum atomic E-state index is 0.885. The second-order valence-electron chi connectivity index (χ2n) is 16.9. The molecule has 0 radical (unpaired) electrons. The standard InChI is InChI=1S/C62H40N2O/c1-2-15-44-37-48(28-27-41(44)13-1)52-20-5-8-24-58(52)63(50-18-12-17-46(39-50)47-32-35-56-57-36-31-43-14-3-4-21-53(43)62(57)65-61(56)40-47)49-33-29-42(30-34-49)45-16-11-19-51(38-45)64-59-25-9-6-22-54(59)55-23-7-10-26-60(55)64/h1-40H. The molecular formula is C62H40N2O. The van der Waals surface area contributed by atoms with Crippen molar-refractivity contribution in [2.75, 3.05) is 4.90 Å². The molecule has 0 aliphatic rings. The molecule has 13 rings (SSSR count). The zero-order chi connectivity index (χ0) is 42.8. The van der Waals surface area contributed by atoms with Crippen molar-refractivity contribution < 1.29 is 4.42 Å². The fourth-order valence-corrected chi connectivity index (χ4v) is 10.0. The lowest BCUT2D eigenvalue weighted by Crippen LogP contribution is -2.11. The predicted octanol–water partition coefficient (Wildman–Crippen LogP) is 17.5. The lowest BCUT2D eigenvalue weighted by molar-refractivity contribution is 0.673. The van der Waals surface area contributed by atoms with Gasteiger partial charge >= 0.3 is 0 Å². The molecule has 0 aliphatic heterocycles. The Morgan fingerprint density at radius 2 is 0.923 bits per heavy atom. The van der Waals surface area contributed by atoms with E-state index in [4.69, 9.17) is 4.42 Å². The summed E-state index contributed by atoms with van der Waals surface area (Å²) < 4.78 is 9.03. The van der Waals surface area contributed by atoms with Crippen LogP contribution in [0.3, 0.4) is 0 Å². The zero-order valence-corrected chi connectivity index (χ0v) is 35.4. The normalized spacial score (nSPS) is 11.7. The monoisotopic (exact) mass is 828 g/mol. The van der Waals surface area contributed by atoms with E-state index in [1.54, 1.807) is 0 Å². The molecular weight excluding hydrogens is 789 g/mol. The van der Waals surface area contributed by atoms with E-state index >= 15 is 0 Å². The van der Waals surface area contributed by atoms with Gasteiger partial charge in [0.1, 0.15) is 11.2 Å². The Morgan fingerprint density at radius 3 is 1.74 bits per heavy atom. The van der Waals surface area contributed by atoms with E-state index in [0.29, 0.717) is 0 Å². The smallest absolute Gasteiger partial charge is 0.143 e. The van der Waals surface area contributed by atoms with Crippen LogP contribution in [0.1, 0.15) is 0 Å². The first-order chi connectivity index (χ1) is 32.2. The Hall–Kier alpha value is -8.66. The maximum Gasteiger partial charge on any atom is 0.143 e. The van der Waals surface area contributed by atoms with Gasteiger partial charge in [0.25, 0.3) is 0 Å². The fourth-order valence-electron chi connectivity index (χ4n) is 10.0. The van der Waals surface area contributed by atoms with Gasteiger partial charge in [0.15, 0.2) is 0 Å². The Morgan fingerprint density at radius 1 is 0.323 bits per heavy atom. The third-order valence-corrected chi connectivity index (χ3v) is 13.1. The highest BCUT2D eigenvalue weighted by Gasteiger charge is 2.20. The van der Waals surface area contributed by atoms with Crippen LogP contribution in [0.5, 0.6) is 0 Å². The zero-order valence-electron chi connectivity index (χ0n) is 35.4. The van der Waals surface area contributed by atoms with E-state index in [9.17, 15) is 0 Å². The molecule has 3 nitrogen and oxygen atoms in total. The summed E-state index contributed by atoms with van der Waals surface area (Å²) in [5.41, 5.74) is 15.4. The minimum absolute atomic E-state index is 0.885. The molecule has 3 heteroatoms. The number of hydrogen-bond acceptors (Lipinski definition) is 2. The Labute approximate surface area is 376 Å². The largest absolute Gasteiger partial charge is 0.455 e. The summed E-state index contributed by atoms with van der Waals surface area (Å²) in [7, 11) is 0. The third-order valence-electron chi connectivity index (χ3n) is 13.1. The van der Waals surface area contributed by atoms with Crippen LogP contribution >= 0.6 is 0 Å². The maximum atomic E-state index is 6.64. The van der Waals surface area contributed by atoms with Crippen molar-refractivity contribution in [2.45, 2.75) is 0 Å². The molecule has 2 aromatic heterocycles. The maximum absolute atomic E-state index is 6.64. The summed E-state index contributed by atoms with van der Waals surface area (Å²) in [5.74, 6) is 0. The van der Waals surface area contributed by atoms with Crippen LogP contribution in [-0.2, 0) is 0 Å². The second-order valence-corrected chi connectivity index (χ2v) is 16.9. The van der Waals surface area contributed by atoms with E-state index in [0.717, 1.165) is 77.9 Å². The summed E-state index contributed by atoms with van der Waals surface area (Å²) in [4.78, 5) is 2.40. The van der Waals surface area contributed by atoms with Crippen molar-refractivity contribution in [3.8, 4) is 39.1 Å². The van der Waals surface area contributed by atoms with E-state index in [2.05, 4.69) is 252 Å². The molecule has 0 amide bonds. The first-order valence-electron chi connectivity index (χ1n) is 22.2. The quantitative estimate of drug-likeness (QED) is 0.160. The molecule has 0 saturated heterocycles. The number of benzene rings is 11. The highest BCUT2D eigenvalue weighted by Crippen LogP contribution is 2.44. The van der Waals surface area contributed by atoms with Crippen molar-refractivity contribution in [2.24, 2.45) is 0 Å². The van der Waals surface area contributed by atoms with Crippen molar-refractivity contribution >= 4 is 82.4 Å². The molecule has 0 N–H and O–H groups in total. The van der Waals surface area contributed by atoms with Crippen LogP contribution in [0.2, 0.25) is 0 Å². The number of nitrogens with zero attached hydrogens (tertiary/aromatic N) is 2. The summed E-state index contributed by atoms with van der Waals surface area (Å²) >= 11 is 0. The lowest BCUT2D eigenvalue weighted by atomic mass is 9.98. The fraction of sp³-hybridized carbons (Fsp3) is 0. The van der Waals surface area contributed by atoms with Crippen molar-refractivity contribution in [3.63, 3.8) is 0 Å². The van der Waals surface area contributed by atoms with Crippen LogP contribution < -0.4 is 4.90 Å². The minimum Gasteiger partial charge on any atom is -0.455 e. The molecule has 0 spiro atoms. The number of anilines is 3. The van der Waals surface area contributed by atoms with Crippen LogP contribution in [-0.4, -0.2) is 4.57 Å². The molecule has 65 heavy (non-hydrogen) atoms. The van der Waals surface area contributed by atoms with Crippen LogP contribution in [0.25, 0.3) is 104 Å². The van der Waals surface area contributed by atoms with Gasteiger partial charge in [0.2, 0.25) is 0 Å². The van der Waals surface area contributed by atoms with Gasteiger partial charge in [0, 0.05) is 49.6 Å². The van der Waals surface area contributed by atoms with Gasteiger partial charge in [-0.1, -0.05) is 164 Å². The number of aromatic nitrogens is 1. The SMILES string of the molecule is c1cc(-c2ccc3c(c2)oc2c4ccccc4ccc32)cc(N(c2ccc(-c3cccc(-n4c5ccccc5c5ccccc54)c3)cc2)c2ccccc2-c2ccc3ccccc3c2)c1. The highest BCUT2D eigenvalue weighted by molar-refractivity contribution is 6.15. The summed E-state index contributed by atoms with van der Waals surface area (Å²) in [5, 5.41) is 9.53. The second kappa shape index (κ2) is 15.0. The average Bonchev–Trinajstić information content (AvgIpc) is 3.93. The summed E-state index contributed by atoms with van der Waals surface area (Å²) in [6.07, 6.45) is 0. The Balaban J connectivity index is 0.931. The molecule has 0 atom stereocenters. The van der Waals surface area contributed by atoms with E-state index in [-0.39, 0.29) is 0 Å². The lowest BCUT2D eigenvalue weighted by Gasteiger charge is -2.28. The Kier molecular flexibility index (Phi) is 8.53. The Bertz CT molecular complexity index is 3910. The van der Waals surface area contributed by atoms with Crippen molar-refractivity contribution in [1.82, 2.24) is 4.57 Å². The number of furan rings is 1. The topological polar surface area (TPSA) is 21.3 Å². The molecule has 0 unspecified atom stereocenters. The van der Waals surface area contributed by atoms with E-state index in [1.165, 1.54) is 43.5 Å². The first-order valence-corrected chi connectivity index (χ1v) is 22.2. The van der Waals surface area contributed by atoms with Crippen LogP contribution in [0, 0.1) is 0 Å². The first kappa shape index (κ1) is 36.9. The van der Waals surface area contributed by atoms with Crippen LogP contribution in [0.4, 0.5) is 17.1 Å². The molecule has 0 saturated carbocycles. The third kappa shape index (κ3) is 6.20. The molecule has 304 valence electrons. The van der Waals surface area contributed by atoms with Gasteiger partial charge in [-0.15, -0.1) is 0 Å². The van der Waals surface area contributed by atoms with Gasteiger partial charge in [0.05, 0.1) is 16.7 Å². The number of para-hydroxylation sites is 3. The van der Waals surface area contributed by atoms with Gasteiger partial charge in [-0.2, -0.15) is 0 Å². The molecule has 0 bridgehead atoms.